The molecule has 7 heteroatoms. The van der Waals surface area contributed by atoms with Gasteiger partial charge in [-0.2, -0.15) is 0 Å². The summed E-state index contributed by atoms with van der Waals surface area (Å²) >= 11 is 14.8. The van der Waals surface area contributed by atoms with Crippen molar-refractivity contribution < 1.29 is 16.5 Å². The van der Waals surface area contributed by atoms with Crippen molar-refractivity contribution in [3.8, 4) is 0 Å². The average Bonchev–Trinajstić information content (AvgIpc) is 3.02. The molecule has 34 heavy (non-hydrogen) atoms. The molecule has 0 aliphatic heterocycles. The van der Waals surface area contributed by atoms with Crippen LogP contribution >= 0.6 is 63.7 Å². The van der Waals surface area contributed by atoms with Gasteiger partial charge < -0.3 is 7.43 Å². The number of rotatable bonds is 2. The quantitative estimate of drug-likeness (QED) is 0.144. The van der Waals surface area contributed by atoms with E-state index in [-0.39, 0.29) is 23.9 Å². The van der Waals surface area contributed by atoms with Gasteiger partial charge in [0.05, 0.1) is 22.8 Å². The van der Waals surface area contributed by atoms with E-state index in [4.69, 9.17) is 9.98 Å². The van der Waals surface area contributed by atoms with Crippen molar-refractivity contribution in [1.29, 1.82) is 0 Å². The van der Waals surface area contributed by atoms with Gasteiger partial charge >= 0.3 is 0 Å². The number of halogens is 4. The van der Waals surface area contributed by atoms with E-state index < -0.39 is 0 Å². The maximum atomic E-state index is 5.15. The van der Waals surface area contributed by atoms with E-state index in [1.807, 2.05) is 0 Å². The number of nitrogens with zero attached hydrogens (tertiary/aromatic N) is 2. The van der Waals surface area contributed by atoms with Gasteiger partial charge in [-0.3, -0.25) is 0 Å². The molecule has 0 fully saturated rings. The molecule has 0 amide bonds. The van der Waals surface area contributed by atoms with Crippen LogP contribution in [0.3, 0.4) is 0 Å². The van der Waals surface area contributed by atoms with Gasteiger partial charge in [0.2, 0.25) is 0 Å². The van der Waals surface area contributed by atoms with E-state index >= 15 is 0 Å². The summed E-state index contributed by atoms with van der Waals surface area (Å²) in [5, 5.41) is 2.37. The van der Waals surface area contributed by atoms with Gasteiger partial charge in [-0.05, 0) is 118 Å². The Labute approximate surface area is 243 Å². The van der Waals surface area contributed by atoms with E-state index in [0.29, 0.717) is 0 Å². The molecular weight excluding hydrogens is 731 g/mol. The molecule has 1 aliphatic rings. The summed E-state index contributed by atoms with van der Waals surface area (Å²) < 4.78 is 3.77. The van der Waals surface area contributed by atoms with Crippen LogP contribution in [0.25, 0.3) is 10.8 Å². The van der Waals surface area contributed by atoms with Gasteiger partial charge in [0.25, 0.3) is 0 Å². The Morgan fingerprint density at radius 1 is 0.588 bits per heavy atom. The molecule has 176 valence electrons. The summed E-state index contributed by atoms with van der Waals surface area (Å²) in [7, 11) is 0. The number of benzene rings is 4. The predicted molar refractivity (Wildman–Crippen MR) is 156 cm³/mol. The normalized spacial score (nSPS) is 14.4. The fourth-order valence-corrected chi connectivity index (χ4v) is 7.22. The van der Waals surface area contributed by atoms with Crippen LogP contribution in [0.15, 0.2) is 88.5 Å². The maximum absolute atomic E-state index is 5.15. The summed E-state index contributed by atoms with van der Waals surface area (Å²) in [5.74, 6) is 0. The zero-order valence-electron chi connectivity index (χ0n) is 18.5. The summed E-state index contributed by atoms with van der Waals surface area (Å²) in [6.45, 7) is 4.13. The van der Waals surface area contributed by atoms with Crippen molar-refractivity contribution in [3.63, 3.8) is 0 Å². The van der Waals surface area contributed by atoms with E-state index in [9.17, 15) is 0 Å². The first-order valence-electron chi connectivity index (χ1n) is 9.95. The Morgan fingerprint density at radius 2 is 0.941 bits per heavy atom. The number of hydrogen-bond acceptors (Lipinski definition) is 2. The van der Waals surface area contributed by atoms with E-state index in [1.165, 1.54) is 10.8 Å². The van der Waals surface area contributed by atoms with E-state index in [1.54, 1.807) is 0 Å². The van der Waals surface area contributed by atoms with Crippen molar-refractivity contribution in [3.05, 3.63) is 108 Å². The van der Waals surface area contributed by atoms with Crippen LogP contribution in [-0.2, 0) is 16.5 Å². The molecule has 0 atom stereocenters. The fourth-order valence-electron chi connectivity index (χ4n) is 4.04. The van der Waals surface area contributed by atoms with Crippen LogP contribution in [0.1, 0.15) is 22.3 Å². The van der Waals surface area contributed by atoms with Gasteiger partial charge in [-0.25, -0.2) is 9.98 Å². The van der Waals surface area contributed by atoms with Crippen LogP contribution in [-0.4, -0.2) is 11.4 Å². The molecule has 0 heterocycles. The summed E-state index contributed by atoms with van der Waals surface area (Å²) in [5.41, 5.74) is 7.93. The Hall–Kier alpha value is -1.11. The first kappa shape index (κ1) is 27.5. The molecule has 0 unspecified atom stereocenters. The van der Waals surface area contributed by atoms with Crippen LogP contribution in [0.4, 0.5) is 11.4 Å². The molecule has 1 aliphatic carbocycles. The Kier molecular flexibility index (Phi) is 8.79. The molecular formula is C27H19Br4N2Ni-. The molecule has 2 nitrogen and oxygen atoms in total. The van der Waals surface area contributed by atoms with E-state index in [2.05, 4.69) is 138 Å². The minimum atomic E-state index is 0. The first-order chi connectivity index (χ1) is 15.3. The van der Waals surface area contributed by atoms with Gasteiger partial charge in [0, 0.05) is 50.9 Å². The van der Waals surface area contributed by atoms with Gasteiger partial charge in [0.15, 0.2) is 0 Å². The molecule has 0 saturated carbocycles. The van der Waals surface area contributed by atoms with Crippen LogP contribution in [0.5, 0.6) is 0 Å². The van der Waals surface area contributed by atoms with Crippen molar-refractivity contribution in [2.45, 2.75) is 13.8 Å². The van der Waals surface area contributed by atoms with Crippen LogP contribution in [0.2, 0.25) is 0 Å². The zero-order chi connectivity index (χ0) is 22.6. The topological polar surface area (TPSA) is 24.7 Å². The smallest absolute Gasteiger partial charge is 0.0979 e. The Bertz CT molecular complexity index is 1340. The molecule has 0 N–H and O–H groups in total. The Balaban J connectivity index is 0.00000162. The molecule has 0 bridgehead atoms. The molecule has 0 radical (unpaired) electrons. The second-order valence-corrected chi connectivity index (χ2v) is 11.2. The van der Waals surface area contributed by atoms with Crippen molar-refractivity contribution in [2.24, 2.45) is 9.98 Å². The van der Waals surface area contributed by atoms with Crippen molar-refractivity contribution in [2.75, 3.05) is 0 Å². The third-order valence-electron chi connectivity index (χ3n) is 5.41. The maximum Gasteiger partial charge on any atom is 0.0979 e. The number of aryl methyl sites for hydroxylation is 2. The average molecular weight is 750 g/mol. The third-order valence-corrected chi connectivity index (χ3v) is 7.83. The zero-order valence-corrected chi connectivity index (χ0v) is 25.8. The van der Waals surface area contributed by atoms with Gasteiger partial charge in [-0.1, -0.05) is 36.4 Å². The van der Waals surface area contributed by atoms with E-state index in [0.717, 1.165) is 62.9 Å². The van der Waals surface area contributed by atoms with Gasteiger partial charge in [-0.15, -0.1) is 0 Å². The molecule has 0 aromatic heterocycles. The molecule has 0 spiro atoms. The summed E-state index contributed by atoms with van der Waals surface area (Å²) in [4.78, 5) is 10.3. The first-order valence-corrected chi connectivity index (χ1v) is 13.1. The third kappa shape index (κ3) is 4.92. The summed E-state index contributed by atoms with van der Waals surface area (Å²) in [6.07, 6.45) is 0. The largest absolute Gasteiger partial charge is 0.358 e. The molecule has 4 aromatic carbocycles. The monoisotopic (exact) mass is 745 g/mol. The standard InChI is InChI=1S/C26H16Br4N2.CH3.Ni/c1-13-9-18(27)25(19(28)10-13)31-23-16-7-3-5-15-6-4-8-17(22(15)16)24(23)32-26-20(29)11-14(2)12-21(26)30;;/h3-12H,1-2H3;1H3;/q;-1;. The molecule has 4 aromatic rings. The Morgan fingerprint density at radius 3 is 1.29 bits per heavy atom. The van der Waals surface area contributed by atoms with Crippen molar-refractivity contribution >= 4 is 97.3 Å². The SMILES string of the molecule is Cc1cc(Br)c(N=C2C(=Nc3c(Br)cc(C)cc3Br)c3cccc4cccc2c34)c(Br)c1.[CH3-].[Ni]. The fraction of sp³-hybridized carbons (Fsp3) is 0.0741. The second kappa shape index (κ2) is 10.9. The van der Waals surface area contributed by atoms with Crippen molar-refractivity contribution in [1.82, 2.24) is 0 Å². The number of aliphatic imine (C=N–C) groups is 2. The minimum Gasteiger partial charge on any atom is -0.358 e. The summed E-state index contributed by atoms with van der Waals surface area (Å²) in [6, 6.07) is 21.0. The molecule has 5 rings (SSSR count). The minimum absolute atomic E-state index is 0. The van der Waals surface area contributed by atoms with Gasteiger partial charge in [0.1, 0.15) is 0 Å². The van der Waals surface area contributed by atoms with Crippen LogP contribution in [0, 0.1) is 21.3 Å². The molecule has 0 saturated heterocycles. The number of hydrogen-bond donors (Lipinski definition) is 0. The second-order valence-electron chi connectivity index (χ2n) is 7.78. The van der Waals surface area contributed by atoms with Crippen LogP contribution < -0.4 is 0 Å². The predicted octanol–water partition coefficient (Wildman–Crippen LogP) is 10.2.